The standard InChI is InChI=1S/C19H20N2O6S/c1-25-12-6-4-5-11(9-12)16(22)20-17-15(18(23)26-2)13-7-8-21(19(24)27-3)10-14(13)28-17/h4-6,9H,7-8,10H2,1-3H3,(H,20,22). The lowest BCUT2D eigenvalue weighted by molar-refractivity contribution is 0.0600. The average molecular weight is 404 g/mol. The number of esters is 1. The van der Waals surface area contributed by atoms with Crippen LogP contribution < -0.4 is 10.1 Å². The third-order valence-electron chi connectivity index (χ3n) is 4.44. The Hall–Kier alpha value is -3.07. The summed E-state index contributed by atoms with van der Waals surface area (Å²) in [6, 6.07) is 6.71. The number of hydrogen-bond donors (Lipinski definition) is 1. The molecule has 0 radical (unpaired) electrons. The fourth-order valence-corrected chi connectivity index (χ4v) is 4.28. The Bertz CT molecular complexity index is 923. The molecule has 1 aromatic heterocycles. The van der Waals surface area contributed by atoms with Crippen molar-refractivity contribution in [2.24, 2.45) is 0 Å². The second-order valence-electron chi connectivity index (χ2n) is 6.03. The first-order chi connectivity index (χ1) is 13.5. The molecule has 2 heterocycles. The normalized spacial score (nSPS) is 12.8. The Morgan fingerprint density at radius 2 is 1.93 bits per heavy atom. The molecule has 9 heteroatoms. The summed E-state index contributed by atoms with van der Waals surface area (Å²) < 4.78 is 14.8. The molecule has 0 bridgehead atoms. The maximum atomic E-state index is 12.7. The summed E-state index contributed by atoms with van der Waals surface area (Å²) in [5.74, 6) is -0.336. The lowest BCUT2D eigenvalue weighted by atomic mass is 10.0. The number of ether oxygens (including phenoxy) is 3. The fraction of sp³-hybridized carbons (Fsp3) is 0.316. The molecular weight excluding hydrogens is 384 g/mol. The van der Waals surface area contributed by atoms with E-state index in [9.17, 15) is 14.4 Å². The molecule has 0 saturated heterocycles. The summed E-state index contributed by atoms with van der Waals surface area (Å²) in [5.41, 5.74) is 1.53. The molecule has 1 aromatic carbocycles. The van der Waals surface area contributed by atoms with E-state index in [4.69, 9.17) is 14.2 Å². The molecular formula is C19H20N2O6S. The summed E-state index contributed by atoms with van der Waals surface area (Å²) in [6.07, 6.45) is 0.0426. The van der Waals surface area contributed by atoms with Crippen molar-refractivity contribution >= 4 is 34.3 Å². The van der Waals surface area contributed by atoms with Gasteiger partial charge in [-0.2, -0.15) is 0 Å². The quantitative estimate of drug-likeness (QED) is 0.788. The minimum Gasteiger partial charge on any atom is -0.497 e. The highest BCUT2D eigenvalue weighted by Gasteiger charge is 2.31. The summed E-state index contributed by atoms with van der Waals surface area (Å²) in [7, 11) is 4.14. The van der Waals surface area contributed by atoms with Gasteiger partial charge in [-0.15, -0.1) is 11.3 Å². The van der Waals surface area contributed by atoms with Crippen molar-refractivity contribution in [3.63, 3.8) is 0 Å². The molecule has 3 rings (SSSR count). The number of fused-ring (bicyclic) bond motifs is 1. The van der Waals surface area contributed by atoms with Gasteiger partial charge in [0.25, 0.3) is 5.91 Å². The van der Waals surface area contributed by atoms with Gasteiger partial charge in [-0.05, 0) is 30.2 Å². The smallest absolute Gasteiger partial charge is 0.409 e. The Morgan fingerprint density at radius 1 is 1.14 bits per heavy atom. The van der Waals surface area contributed by atoms with Crippen molar-refractivity contribution in [2.45, 2.75) is 13.0 Å². The van der Waals surface area contributed by atoms with Crippen molar-refractivity contribution in [3.05, 3.63) is 45.8 Å². The number of nitrogens with one attached hydrogen (secondary N) is 1. The van der Waals surface area contributed by atoms with Crippen LogP contribution in [0.2, 0.25) is 0 Å². The molecule has 148 valence electrons. The molecule has 0 fully saturated rings. The molecule has 1 aliphatic heterocycles. The number of carbonyl (C=O) groups is 3. The molecule has 0 atom stereocenters. The van der Waals surface area contributed by atoms with Crippen LogP contribution in [0.25, 0.3) is 0 Å². The summed E-state index contributed by atoms with van der Waals surface area (Å²) in [6.45, 7) is 0.732. The Morgan fingerprint density at radius 3 is 2.61 bits per heavy atom. The van der Waals surface area contributed by atoms with Crippen molar-refractivity contribution in [3.8, 4) is 5.75 Å². The Labute approximate surface area is 166 Å². The van der Waals surface area contributed by atoms with E-state index in [1.807, 2.05) is 0 Å². The molecule has 1 aliphatic rings. The second-order valence-corrected chi connectivity index (χ2v) is 7.13. The van der Waals surface area contributed by atoms with Crippen LogP contribution in [-0.2, 0) is 22.4 Å². The first-order valence-electron chi connectivity index (χ1n) is 8.49. The van der Waals surface area contributed by atoms with Crippen LogP contribution >= 0.6 is 11.3 Å². The van der Waals surface area contributed by atoms with Gasteiger partial charge in [0.1, 0.15) is 10.8 Å². The molecule has 2 aromatic rings. The number of methoxy groups -OCH3 is 3. The maximum Gasteiger partial charge on any atom is 0.409 e. The molecule has 2 amide bonds. The molecule has 28 heavy (non-hydrogen) atoms. The predicted octanol–water partition coefficient (Wildman–Crippen LogP) is 2.92. The maximum absolute atomic E-state index is 12.7. The Kier molecular flexibility index (Phi) is 5.84. The summed E-state index contributed by atoms with van der Waals surface area (Å²) in [4.78, 5) is 39.2. The van der Waals surface area contributed by atoms with Gasteiger partial charge in [-0.25, -0.2) is 9.59 Å². The van der Waals surface area contributed by atoms with E-state index in [2.05, 4.69) is 5.32 Å². The SMILES string of the molecule is COC(=O)c1c(NC(=O)c2cccc(OC)c2)sc2c1CCN(C(=O)OC)C2. The van der Waals surface area contributed by atoms with Gasteiger partial charge in [-0.3, -0.25) is 4.79 Å². The van der Waals surface area contributed by atoms with Crippen molar-refractivity contribution in [1.29, 1.82) is 0 Å². The molecule has 0 saturated carbocycles. The van der Waals surface area contributed by atoms with Crippen LogP contribution in [0.1, 0.15) is 31.2 Å². The number of benzene rings is 1. The highest BCUT2D eigenvalue weighted by molar-refractivity contribution is 7.17. The van der Waals surface area contributed by atoms with E-state index >= 15 is 0 Å². The van der Waals surface area contributed by atoms with Crippen molar-refractivity contribution in [1.82, 2.24) is 4.90 Å². The van der Waals surface area contributed by atoms with E-state index in [0.29, 0.717) is 41.4 Å². The number of anilines is 1. The van der Waals surface area contributed by atoms with E-state index in [0.717, 1.165) is 10.4 Å². The second kappa shape index (κ2) is 8.30. The van der Waals surface area contributed by atoms with Gasteiger partial charge in [0, 0.05) is 17.0 Å². The average Bonchev–Trinajstić information content (AvgIpc) is 3.09. The van der Waals surface area contributed by atoms with Crippen LogP contribution in [0.5, 0.6) is 5.75 Å². The van der Waals surface area contributed by atoms with Crippen molar-refractivity contribution in [2.75, 3.05) is 33.2 Å². The number of amides is 2. The van der Waals surface area contributed by atoms with Gasteiger partial charge in [-0.1, -0.05) is 6.07 Å². The number of thiophene rings is 1. The first-order valence-corrected chi connectivity index (χ1v) is 9.31. The molecule has 8 nitrogen and oxygen atoms in total. The lowest BCUT2D eigenvalue weighted by Crippen LogP contribution is -2.35. The lowest BCUT2D eigenvalue weighted by Gasteiger charge is -2.25. The Balaban J connectivity index is 1.92. The van der Waals surface area contributed by atoms with Gasteiger partial charge in [0.05, 0.1) is 33.4 Å². The largest absolute Gasteiger partial charge is 0.497 e. The van der Waals surface area contributed by atoms with Crippen LogP contribution in [0.3, 0.4) is 0 Å². The van der Waals surface area contributed by atoms with Gasteiger partial charge >= 0.3 is 12.1 Å². The molecule has 0 aliphatic carbocycles. The molecule has 1 N–H and O–H groups in total. The van der Waals surface area contributed by atoms with Crippen LogP contribution in [0.15, 0.2) is 24.3 Å². The third kappa shape index (κ3) is 3.79. The van der Waals surface area contributed by atoms with Crippen LogP contribution in [0.4, 0.5) is 9.80 Å². The van der Waals surface area contributed by atoms with Gasteiger partial charge < -0.3 is 24.4 Å². The van der Waals surface area contributed by atoms with E-state index in [1.54, 1.807) is 29.2 Å². The van der Waals surface area contributed by atoms with E-state index in [1.165, 1.54) is 32.7 Å². The van der Waals surface area contributed by atoms with Gasteiger partial charge in [0.15, 0.2) is 0 Å². The minimum atomic E-state index is -0.523. The number of carbonyl (C=O) groups excluding carboxylic acids is 3. The topological polar surface area (TPSA) is 94.2 Å². The van der Waals surface area contributed by atoms with E-state index < -0.39 is 12.1 Å². The van der Waals surface area contributed by atoms with Gasteiger partial charge in [0.2, 0.25) is 0 Å². The number of hydrogen-bond acceptors (Lipinski definition) is 7. The fourth-order valence-electron chi connectivity index (χ4n) is 3.03. The minimum absolute atomic E-state index is 0.311. The van der Waals surface area contributed by atoms with E-state index in [-0.39, 0.29) is 5.91 Å². The van der Waals surface area contributed by atoms with Crippen LogP contribution in [0, 0.1) is 0 Å². The monoisotopic (exact) mass is 404 g/mol. The molecule has 0 unspecified atom stereocenters. The van der Waals surface area contributed by atoms with Crippen LogP contribution in [-0.4, -0.2) is 50.7 Å². The third-order valence-corrected chi connectivity index (χ3v) is 5.57. The number of rotatable bonds is 4. The number of nitrogens with zero attached hydrogens (tertiary/aromatic N) is 1. The van der Waals surface area contributed by atoms with Crippen molar-refractivity contribution < 1.29 is 28.6 Å². The zero-order valence-corrected chi connectivity index (χ0v) is 16.6. The molecule has 0 spiro atoms. The highest BCUT2D eigenvalue weighted by atomic mass is 32.1. The summed E-state index contributed by atoms with van der Waals surface area (Å²) >= 11 is 1.26. The first kappa shape index (κ1) is 19.7. The highest BCUT2D eigenvalue weighted by Crippen LogP contribution is 2.38. The predicted molar refractivity (Wildman–Crippen MR) is 103 cm³/mol. The summed E-state index contributed by atoms with van der Waals surface area (Å²) in [5, 5.41) is 3.20. The zero-order chi connectivity index (χ0) is 20.3. The zero-order valence-electron chi connectivity index (χ0n) is 15.7.